The van der Waals surface area contributed by atoms with E-state index in [9.17, 15) is 9.59 Å². The summed E-state index contributed by atoms with van der Waals surface area (Å²) in [6.07, 6.45) is 0.188. The summed E-state index contributed by atoms with van der Waals surface area (Å²) in [5.74, 6) is 0.700. The zero-order valence-electron chi connectivity index (χ0n) is 15.8. The smallest absolute Gasteiger partial charge is 0.227 e. The van der Waals surface area contributed by atoms with E-state index in [1.165, 1.54) is 0 Å². The van der Waals surface area contributed by atoms with Gasteiger partial charge in [-0.2, -0.15) is 0 Å². The van der Waals surface area contributed by atoms with Gasteiger partial charge in [-0.25, -0.2) is 4.98 Å². The number of fused-ring (bicyclic) bond motifs is 1. The molecule has 0 spiro atoms. The van der Waals surface area contributed by atoms with Crippen LogP contribution >= 0.6 is 0 Å². The van der Waals surface area contributed by atoms with Crippen LogP contribution < -0.4 is 15.0 Å². The number of methoxy groups -OCH3 is 1. The fourth-order valence-corrected chi connectivity index (χ4v) is 3.51. The highest BCUT2D eigenvalue weighted by molar-refractivity contribution is 6.01. The Kier molecular flexibility index (Phi) is 4.73. The van der Waals surface area contributed by atoms with Crippen LogP contribution in [-0.4, -0.2) is 30.5 Å². The summed E-state index contributed by atoms with van der Waals surface area (Å²) in [6, 6.07) is 13.0. The number of nitrogens with one attached hydrogen (secondary N) is 1. The molecular weight excluding hydrogens is 358 g/mol. The van der Waals surface area contributed by atoms with E-state index < -0.39 is 5.92 Å². The van der Waals surface area contributed by atoms with Crippen molar-refractivity contribution in [1.82, 2.24) is 10.3 Å². The van der Waals surface area contributed by atoms with E-state index in [-0.39, 0.29) is 18.2 Å². The molecule has 7 nitrogen and oxygen atoms in total. The Morgan fingerprint density at radius 1 is 1.32 bits per heavy atom. The van der Waals surface area contributed by atoms with Crippen LogP contribution in [0.25, 0.3) is 11.1 Å². The molecule has 1 fully saturated rings. The van der Waals surface area contributed by atoms with Crippen molar-refractivity contribution in [2.45, 2.75) is 19.9 Å². The maximum atomic E-state index is 12.6. The highest BCUT2D eigenvalue weighted by Gasteiger charge is 2.35. The quantitative estimate of drug-likeness (QED) is 0.737. The van der Waals surface area contributed by atoms with Crippen LogP contribution in [0, 0.1) is 12.8 Å². The Morgan fingerprint density at radius 2 is 2.14 bits per heavy atom. The largest absolute Gasteiger partial charge is 0.496 e. The lowest BCUT2D eigenvalue weighted by molar-refractivity contribution is -0.126. The molecule has 0 bridgehead atoms. The van der Waals surface area contributed by atoms with Gasteiger partial charge >= 0.3 is 0 Å². The van der Waals surface area contributed by atoms with Crippen molar-refractivity contribution in [2.75, 3.05) is 18.6 Å². The van der Waals surface area contributed by atoms with Crippen LogP contribution in [-0.2, 0) is 16.1 Å². The molecule has 1 saturated heterocycles. The zero-order valence-corrected chi connectivity index (χ0v) is 15.8. The number of para-hydroxylation sites is 1. The summed E-state index contributed by atoms with van der Waals surface area (Å²) >= 11 is 0. The van der Waals surface area contributed by atoms with Crippen molar-refractivity contribution in [3.8, 4) is 5.75 Å². The number of amides is 2. The summed E-state index contributed by atoms with van der Waals surface area (Å²) in [5, 5.41) is 2.92. The summed E-state index contributed by atoms with van der Waals surface area (Å²) in [5.41, 5.74) is 3.00. The van der Waals surface area contributed by atoms with Crippen LogP contribution in [0.15, 0.2) is 46.9 Å². The highest BCUT2D eigenvalue weighted by Crippen LogP contribution is 2.28. The molecule has 1 aromatic heterocycles. The van der Waals surface area contributed by atoms with Crippen LogP contribution in [0.1, 0.15) is 17.9 Å². The normalized spacial score (nSPS) is 16.6. The van der Waals surface area contributed by atoms with Gasteiger partial charge in [0.05, 0.1) is 13.0 Å². The molecule has 0 aliphatic carbocycles. The Morgan fingerprint density at radius 3 is 2.96 bits per heavy atom. The van der Waals surface area contributed by atoms with Gasteiger partial charge in [-0.1, -0.05) is 18.2 Å². The molecule has 144 valence electrons. The standard InChI is InChI=1S/C21H21N3O4/c1-13-23-17-10-16(7-8-19(17)28-13)24-12-15(9-20(24)25)21(26)22-11-14-5-3-4-6-18(14)27-2/h3-8,10,15H,9,11-12H2,1-2H3,(H,22,26)/t15-/m1/s1. The first kappa shape index (κ1) is 18.0. The molecular formula is C21H21N3O4. The molecule has 1 aliphatic rings. The lowest BCUT2D eigenvalue weighted by Gasteiger charge is -2.17. The van der Waals surface area contributed by atoms with E-state index in [1.54, 1.807) is 25.0 Å². The molecule has 4 rings (SSSR count). The summed E-state index contributed by atoms with van der Waals surface area (Å²) in [6.45, 7) is 2.49. The number of oxazole rings is 1. The molecule has 3 aromatic rings. The minimum Gasteiger partial charge on any atom is -0.496 e. The number of carbonyl (C=O) groups is 2. The van der Waals surface area contributed by atoms with Crippen molar-refractivity contribution in [1.29, 1.82) is 0 Å². The number of anilines is 1. The van der Waals surface area contributed by atoms with Crippen LogP contribution in [0.4, 0.5) is 5.69 Å². The first-order valence-corrected chi connectivity index (χ1v) is 9.12. The second-order valence-electron chi connectivity index (χ2n) is 6.82. The molecule has 0 radical (unpaired) electrons. The SMILES string of the molecule is COc1ccccc1CNC(=O)[C@@H]1CC(=O)N(c2ccc3oc(C)nc3c2)C1. The van der Waals surface area contributed by atoms with Gasteiger partial charge in [0.25, 0.3) is 0 Å². The van der Waals surface area contributed by atoms with Crippen LogP contribution in [0.2, 0.25) is 0 Å². The lowest BCUT2D eigenvalue weighted by atomic mass is 10.1. The fraction of sp³-hybridized carbons (Fsp3) is 0.286. The molecule has 2 heterocycles. The Labute approximate surface area is 162 Å². The fourth-order valence-electron chi connectivity index (χ4n) is 3.51. The van der Waals surface area contributed by atoms with Gasteiger partial charge < -0.3 is 19.4 Å². The minimum absolute atomic E-state index is 0.0722. The first-order chi connectivity index (χ1) is 13.5. The molecule has 2 aromatic carbocycles. The van der Waals surface area contributed by atoms with Crippen molar-refractivity contribution >= 4 is 28.6 Å². The molecule has 1 N–H and O–H groups in total. The Balaban J connectivity index is 1.44. The van der Waals surface area contributed by atoms with Crippen molar-refractivity contribution < 1.29 is 18.7 Å². The predicted octanol–water partition coefficient (Wildman–Crippen LogP) is 2.81. The molecule has 2 amide bonds. The monoisotopic (exact) mass is 379 g/mol. The van der Waals surface area contributed by atoms with Gasteiger partial charge in [0.2, 0.25) is 11.8 Å². The molecule has 7 heteroatoms. The van der Waals surface area contributed by atoms with E-state index in [2.05, 4.69) is 10.3 Å². The van der Waals surface area contributed by atoms with Gasteiger partial charge in [0.1, 0.15) is 11.3 Å². The van der Waals surface area contributed by atoms with E-state index in [4.69, 9.17) is 9.15 Å². The van der Waals surface area contributed by atoms with Gasteiger partial charge in [0, 0.05) is 37.7 Å². The van der Waals surface area contributed by atoms with E-state index in [1.807, 2.05) is 36.4 Å². The van der Waals surface area contributed by atoms with E-state index in [0.717, 1.165) is 17.0 Å². The number of hydrogen-bond donors (Lipinski definition) is 1. The van der Waals surface area contributed by atoms with Gasteiger partial charge in [-0.05, 0) is 24.3 Å². The Bertz CT molecular complexity index is 1040. The average Bonchev–Trinajstić information content (AvgIpc) is 3.27. The van der Waals surface area contributed by atoms with Gasteiger partial charge in [0.15, 0.2) is 11.5 Å². The number of aryl methyl sites for hydroxylation is 1. The third-order valence-corrected chi connectivity index (χ3v) is 4.93. The summed E-state index contributed by atoms with van der Waals surface area (Å²) in [7, 11) is 1.60. The first-order valence-electron chi connectivity index (χ1n) is 9.12. The Hall–Kier alpha value is -3.35. The zero-order chi connectivity index (χ0) is 19.7. The molecule has 0 saturated carbocycles. The third kappa shape index (κ3) is 3.43. The van der Waals surface area contributed by atoms with Gasteiger partial charge in [-0.15, -0.1) is 0 Å². The molecule has 0 unspecified atom stereocenters. The average molecular weight is 379 g/mol. The number of aromatic nitrogens is 1. The summed E-state index contributed by atoms with van der Waals surface area (Å²) < 4.78 is 10.8. The molecule has 1 aliphatic heterocycles. The van der Waals surface area contributed by atoms with Crippen LogP contribution in [0.3, 0.4) is 0 Å². The predicted molar refractivity (Wildman–Crippen MR) is 104 cm³/mol. The number of ether oxygens (including phenoxy) is 1. The maximum Gasteiger partial charge on any atom is 0.227 e. The van der Waals surface area contributed by atoms with Crippen molar-refractivity contribution in [3.05, 3.63) is 53.9 Å². The second kappa shape index (κ2) is 7.34. The number of benzene rings is 2. The second-order valence-corrected chi connectivity index (χ2v) is 6.82. The van der Waals surface area contributed by atoms with E-state index in [0.29, 0.717) is 30.1 Å². The number of rotatable bonds is 5. The summed E-state index contributed by atoms with van der Waals surface area (Å²) in [4.78, 5) is 31.0. The molecule has 1 atom stereocenters. The number of hydrogen-bond acceptors (Lipinski definition) is 5. The van der Waals surface area contributed by atoms with E-state index >= 15 is 0 Å². The van der Waals surface area contributed by atoms with Crippen molar-refractivity contribution in [2.24, 2.45) is 5.92 Å². The van der Waals surface area contributed by atoms with Crippen molar-refractivity contribution in [3.63, 3.8) is 0 Å². The highest BCUT2D eigenvalue weighted by atomic mass is 16.5. The lowest BCUT2D eigenvalue weighted by Crippen LogP contribution is -2.32. The maximum absolute atomic E-state index is 12.6. The molecule has 28 heavy (non-hydrogen) atoms. The number of carbonyl (C=O) groups excluding carboxylic acids is 2. The number of nitrogens with zero attached hydrogens (tertiary/aromatic N) is 2. The third-order valence-electron chi connectivity index (χ3n) is 4.93. The minimum atomic E-state index is -0.392. The van der Waals surface area contributed by atoms with Gasteiger partial charge in [-0.3, -0.25) is 9.59 Å². The topological polar surface area (TPSA) is 84.7 Å². The van der Waals surface area contributed by atoms with Crippen LogP contribution in [0.5, 0.6) is 5.75 Å².